The number of benzene rings is 2. The maximum absolute atomic E-state index is 5.25. The lowest BCUT2D eigenvalue weighted by molar-refractivity contribution is 0.414. The lowest BCUT2D eigenvalue weighted by atomic mass is 10.2. The topological polar surface area (TPSA) is 79.6 Å². The number of hydrogen-bond acceptors (Lipinski definition) is 5. The van der Waals surface area contributed by atoms with Crippen molar-refractivity contribution in [3.05, 3.63) is 71.8 Å². The number of nitrogens with zero attached hydrogens (tertiary/aromatic N) is 5. The van der Waals surface area contributed by atoms with Crippen LogP contribution >= 0.6 is 0 Å². The summed E-state index contributed by atoms with van der Waals surface area (Å²) in [5.41, 5.74) is 2.38. The minimum Gasteiger partial charge on any atom is -0.497 e. The number of aryl methyl sites for hydroxylation is 1. The molecule has 0 spiro atoms. The zero-order valence-corrected chi connectivity index (χ0v) is 19.0. The number of nitrogens with one attached hydrogen (secondary N) is 2. The van der Waals surface area contributed by atoms with E-state index in [1.54, 1.807) is 7.11 Å². The summed E-state index contributed by atoms with van der Waals surface area (Å²) in [5.74, 6) is 3.39. The van der Waals surface area contributed by atoms with Crippen LogP contribution in [0.3, 0.4) is 0 Å². The van der Waals surface area contributed by atoms with Gasteiger partial charge in [0.1, 0.15) is 11.6 Å². The molecular formula is C24H31N7O. The molecule has 0 aliphatic carbocycles. The van der Waals surface area contributed by atoms with Crippen LogP contribution in [0.25, 0.3) is 0 Å². The summed E-state index contributed by atoms with van der Waals surface area (Å²) < 4.78 is 7.24. The third kappa shape index (κ3) is 5.38. The van der Waals surface area contributed by atoms with E-state index in [1.165, 1.54) is 5.69 Å². The fourth-order valence-corrected chi connectivity index (χ4v) is 3.77. The summed E-state index contributed by atoms with van der Waals surface area (Å²) in [6.07, 6.45) is 1.06. The first-order chi connectivity index (χ1) is 15.6. The number of hydrogen-bond donors (Lipinski definition) is 2. The zero-order chi connectivity index (χ0) is 22.3. The van der Waals surface area contributed by atoms with E-state index in [-0.39, 0.29) is 0 Å². The molecule has 168 valence electrons. The molecule has 1 aliphatic heterocycles. The summed E-state index contributed by atoms with van der Waals surface area (Å²) in [4.78, 5) is 7.25. The number of aromatic nitrogens is 3. The van der Waals surface area contributed by atoms with Crippen LogP contribution in [0.1, 0.15) is 23.6 Å². The molecule has 8 nitrogen and oxygen atoms in total. The molecule has 2 heterocycles. The summed E-state index contributed by atoms with van der Waals surface area (Å²) in [7, 11) is 3.65. The number of methoxy groups -OCH3 is 1. The van der Waals surface area contributed by atoms with Gasteiger partial charge < -0.3 is 24.8 Å². The Kier molecular flexibility index (Phi) is 6.89. The third-order valence-electron chi connectivity index (χ3n) is 5.83. The van der Waals surface area contributed by atoms with Gasteiger partial charge in [-0.1, -0.05) is 30.3 Å². The molecule has 8 heteroatoms. The molecular weight excluding hydrogens is 402 g/mol. The smallest absolute Gasteiger partial charge is 0.192 e. The van der Waals surface area contributed by atoms with E-state index in [0.717, 1.165) is 48.4 Å². The molecule has 4 rings (SSSR count). The third-order valence-corrected chi connectivity index (χ3v) is 5.83. The number of anilines is 1. The Morgan fingerprint density at radius 1 is 1.12 bits per heavy atom. The van der Waals surface area contributed by atoms with Gasteiger partial charge in [-0.2, -0.15) is 0 Å². The Hall–Kier alpha value is -3.55. The molecule has 0 radical (unpaired) electrons. The largest absolute Gasteiger partial charge is 0.497 e. The van der Waals surface area contributed by atoms with Gasteiger partial charge in [0.25, 0.3) is 0 Å². The summed E-state index contributed by atoms with van der Waals surface area (Å²) in [6, 6.07) is 18.9. The van der Waals surface area contributed by atoms with Gasteiger partial charge in [0, 0.05) is 31.9 Å². The monoisotopic (exact) mass is 433 g/mol. The predicted molar refractivity (Wildman–Crippen MR) is 127 cm³/mol. The van der Waals surface area contributed by atoms with Gasteiger partial charge in [0.2, 0.25) is 0 Å². The highest BCUT2D eigenvalue weighted by atomic mass is 16.5. The van der Waals surface area contributed by atoms with Gasteiger partial charge in [0.15, 0.2) is 11.8 Å². The van der Waals surface area contributed by atoms with Crippen molar-refractivity contribution in [3.63, 3.8) is 0 Å². The Labute approximate surface area is 189 Å². The first-order valence-electron chi connectivity index (χ1n) is 10.9. The van der Waals surface area contributed by atoms with Crippen molar-refractivity contribution in [2.45, 2.75) is 32.5 Å². The lowest BCUT2D eigenvalue weighted by Gasteiger charge is -2.20. The molecule has 2 aromatic carbocycles. The second kappa shape index (κ2) is 10.2. The molecule has 1 aromatic heterocycles. The summed E-state index contributed by atoms with van der Waals surface area (Å²) >= 11 is 0. The molecule has 3 aromatic rings. The Balaban J connectivity index is 1.43. The normalized spacial score (nSPS) is 16.3. The highest BCUT2D eigenvalue weighted by Crippen LogP contribution is 2.19. The van der Waals surface area contributed by atoms with Gasteiger partial charge >= 0.3 is 0 Å². The molecule has 1 saturated heterocycles. The van der Waals surface area contributed by atoms with Crippen molar-refractivity contribution in [1.29, 1.82) is 0 Å². The fourth-order valence-electron chi connectivity index (χ4n) is 3.77. The van der Waals surface area contributed by atoms with E-state index in [9.17, 15) is 0 Å². The maximum atomic E-state index is 5.25. The van der Waals surface area contributed by atoms with E-state index in [2.05, 4.69) is 56.1 Å². The minimum atomic E-state index is 0.318. The van der Waals surface area contributed by atoms with Crippen LogP contribution in [-0.2, 0) is 20.1 Å². The standard InChI is InChI=1S/C24H31N7O/c1-18-28-29-23(30(18)2)16-26-24(25-15-19-9-11-22(32-3)12-10-19)27-20-13-14-31(17-20)21-7-5-4-6-8-21/h4-12,20H,13-17H2,1-3H3,(H2,25,26,27). The van der Waals surface area contributed by atoms with Crippen LogP contribution < -0.4 is 20.3 Å². The van der Waals surface area contributed by atoms with Gasteiger partial charge in [-0.25, -0.2) is 4.99 Å². The van der Waals surface area contributed by atoms with Crippen molar-refractivity contribution >= 4 is 11.6 Å². The molecule has 1 unspecified atom stereocenters. The average Bonchev–Trinajstić information content (AvgIpc) is 3.43. The Morgan fingerprint density at radius 3 is 2.59 bits per heavy atom. The number of guanidine groups is 1. The SMILES string of the molecule is COc1ccc(CN=C(NCc2nnc(C)n2C)NC2CCN(c3ccccc3)C2)cc1. The van der Waals surface area contributed by atoms with Crippen molar-refractivity contribution < 1.29 is 4.74 Å². The van der Waals surface area contributed by atoms with Crippen LogP contribution in [0.15, 0.2) is 59.6 Å². The Morgan fingerprint density at radius 2 is 1.91 bits per heavy atom. The van der Waals surface area contributed by atoms with Gasteiger partial charge in [-0.05, 0) is 43.2 Å². The zero-order valence-electron chi connectivity index (χ0n) is 19.0. The van der Waals surface area contributed by atoms with E-state index >= 15 is 0 Å². The van der Waals surface area contributed by atoms with E-state index in [1.807, 2.05) is 42.8 Å². The average molecular weight is 434 g/mol. The quantitative estimate of drug-likeness (QED) is 0.441. The highest BCUT2D eigenvalue weighted by Gasteiger charge is 2.23. The second-order valence-corrected chi connectivity index (χ2v) is 8.00. The molecule has 2 N–H and O–H groups in total. The molecule has 1 fully saturated rings. The molecule has 0 saturated carbocycles. The number of ether oxygens (including phenoxy) is 1. The van der Waals surface area contributed by atoms with Gasteiger partial charge in [-0.15, -0.1) is 10.2 Å². The second-order valence-electron chi connectivity index (χ2n) is 8.00. The van der Waals surface area contributed by atoms with E-state index in [0.29, 0.717) is 19.1 Å². The van der Waals surface area contributed by atoms with E-state index < -0.39 is 0 Å². The molecule has 0 amide bonds. The Bertz CT molecular complexity index is 1030. The lowest BCUT2D eigenvalue weighted by Crippen LogP contribution is -2.44. The molecule has 1 atom stereocenters. The van der Waals surface area contributed by atoms with Gasteiger partial charge in [0.05, 0.1) is 20.2 Å². The minimum absolute atomic E-state index is 0.318. The highest BCUT2D eigenvalue weighted by molar-refractivity contribution is 5.80. The fraction of sp³-hybridized carbons (Fsp3) is 0.375. The van der Waals surface area contributed by atoms with Crippen molar-refractivity contribution in [2.75, 3.05) is 25.1 Å². The summed E-state index contributed by atoms with van der Waals surface area (Å²) in [6.45, 7) is 5.05. The van der Waals surface area contributed by atoms with Crippen molar-refractivity contribution in [1.82, 2.24) is 25.4 Å². The molecule has 0 bridgehead atoms. The van der Waals surface area contributed by atoms with Crippen LogP contribution in [0.2, 0.25) is 0 Å². The van der Waals surface area contributed by atoms with Crippen LogP contribution in [0.4, 0.5) is 5.69 Å². The van der Waals surface area contributed by atoms with Crippen LogP contribution in [-0.4, -0.2) is 47.0 Å². The predicted octanol–water partition coefficient (Wildman–Crippen LogP) is 2.65. The van der Waals surface area contributed by atoms with Gasteiger partial charge in [-0.3, -0.25) is 0 Å². The number of aliphatic imine (C=N–C) groups is 1. The molecule has 1 aliphatic rings. The molecule has 32 heavy (non-hydrogen) atoms. The maximum Gasteiger partial charge on any atom is 0.192 e. The first kappa shape index (κ1) is 21.7. The van der Waals surface area contributed by atoms with Crippen molar-refractivity contribution in [3.8, 4) is 5.75 Å². The van der Waals surface area contributed by atoms with Crippen LogP contribution in [0, 0.1) is 6.92 Å². The van der Waals surface area contributed by atoms with Crippen molar-refractivity contribution in [2.24, 2.45) is 12.0 Å². The summed E-state index contributed by atoms with van der Waals surface area (Å²) in [5, 5.41) is 15.5. The van der Waals surface area contributed by atoms with E-state index in [4.69, 9.17) is 9.73 Å². The number of para-hydroxylation sites is 1. The van der Waals surface area contributed by atoms with Crippen LogP contribution in [0.5, 0.6) is 5.75 Å². The number of rotatable bonds is 7. The first-order valence-corrected chi connectivity index (χ1v) is 10.9.